The number of halogens is 5. The molecule has 1 aromatic heterocycles. The molecule has 0 aliphatic carbocycles. The largest absolute Gasteiger partial charge is 0.394 e. The molecule has 14 heteroatoms. The highest BCUT2D eigenvalue weighted by Gasteiger charge is 2.58. The zero-order valence-corrected chi connectivity index (χ0v) is 19.0. The molecule has 1 aromatic carbocycles. The number of likely N-dealkylation sites (tertiary alicyclic amines) is 1. The Morgan fingerprint density at radius 3 is 2.50 bits per heavy atom. The van der Waals surface area contributed by atoms with Gasteiger partial charge in [0.05, 0.1) is 39.1 Å². The number of hydrogen-bond acceptors (Lipinski definition) is 8. The van der Waals surface area contributed by atoms with Crippen LogP contribution in [0.25, 0.3) is 11.3 Å². The summed E-state index contributed by atoms with van der Waals surface area (Å²) in [5, 5.41) is 28.8. The monoisotopic (exact) mass is 520 g/mol. The van der Waals surface area contributed by atoms with Crippen molar-refractivity contribution in [2.24, 2.45) is 0 Å². The number of hydrogen-bond donors (Lipinski definition) is 2. The highest BCUT2D eigenvalue weighted by atomic mass is 19.3. The molecule has 1 spiro atoms. The Kier molecular flexibility index (Phi) is 6.76. The highest BCUT2D eigenvalue weighted by molar-refractivity contribution is 5.57. The Hall–Kier alpha value is -2.23. The van der Waals surface area contributed by atoms with Gasteiger partial charge in [0.15, 0.2) is 23.2 Å². The summed E-state index contributed by atoms with van der Waals surface area (Å²) in [6.07, 6.45) is -1.15. The molecule has 9 nitrogen and oxygen atoms in total. The van der Waals surface area contributed by atoms with Crippen molar-refractivity contribution >= 4 is 0 Å². The molecule has 0 saturated carbocycles. The lowest BCUT2D eigenvalue weighted by molar-refractivity contribution is -0.347. The van der Waals surface area contributed by atoms with Crippen LogP contribution < -0.4 is 0 Å². The van der Waals surface area contributed by atoms with Crippen LogP contribution in [-0.2, 0) is 14.2 Å². The van der Waals surface area contributed by atoms with E-state index in [0.717, 1.165) is 12.1 Å². The van der Waals surface area contributed by atoms with Crippen molar-refractivity contribution in [2.75, 3.05) is 39.5 Å². The summed E-state index contributed by atoms with van der Waals surface area (Å²) in [7, 11) is 0. The highest BCUT2D eigenvalue weighted by Crippen LogP contribution is 2.44. The summed E-state index contributed by atoms with van der Waals surface area (Å²) in [5.41, 5.74) is -0.0871. The minimum absolute atomic E-state index is 0.00464. The average Bonchev–Trinajstić information content (AvgIpc) is 3.48. The molecule has 3 aliphatic heterocycles. The standard InChI is InChI=1S/C22H25F5N4O5/c23-13-6-12(7-14(24)17(13)25)15-8-31(29-28-15)18-19(33)16(9-32)36-22(2-1-4-35-22)20(18)34-5-3-30-10-21(26,27)11-30/h6-8,16,18-20,32-33H,1-5,9-11H2/t16-,18+,19+,20-,22+/m1/s1. The van der Waals surface area contributed by atoms with E-state index in [1.165, 1.54) is 15.8 Å². The van der Waals surface area contributed by atoms with Crippen LogP contribution in [0.5, 0.6) is 0 Å². The van der Waals surface area contributed by atoms with Gasteiger partial charge < -0.3 is 24.4 Å². The smallest absolute Gasteiger partial charge is 0.272 e. The van der Waals surface area contributed by atoms with Crippen molar-refractivity contribution in [3.05, 3.63) is 35.8 Å². The Balaban J connectivity index is 1.43. The van der Waals surface area contributed by atoms with Gasteiger partial charge in [-0.3, -0.25) is 4.90 Å². The Bertz CT molecular complexity index is 1070. The van der Waals surface area contributed by atoms with Crippen LogP contribution in [0.1, 0.15) is 18.9 Å². The molecule has 0 unspecified atom stereocenters. The second-order valence-electron chi connectivity index (χ2n) is 9.28. The topological polar surface area (TPSA) is 102 Å². The number of aliphatic hydroxyl groups excluding tert-OH is 2. The lowest BCUT2D eigenvalue weighted by Crippen LogP contribution is -2.64. The van der Waals surface area contributed by atoms with E-state index in [1.54, 1.807) is 0 Å². The predicted octanol–water partition coefficient (Wildman–Crippen LogP) is 1.50. The molecule has 2 aromatic rings. The molecule has 3 fully saturated rings. The molecule has 0 amide bonds. The van der Waals surface area contributed by atoms with E-state index in [9.17, 15) is 32.2 Å². The van der Waals surface area contributed by atoms with Crippen molar-refractivity contribution in [1.29, 1.82) is 0 Å². The van der Waals surface area contributed by atoms with Crippen LogP contribution in [0.3, 0.4) is 0 Å². The lowest BCUT2D eigenvalue weighted by Gasteiger charge is -2.49. The van der Waals surface area contributed by atoms with E-state index in [0.29, 0.717) is 19.4 Å². The molecular weight excluding hydrogens is 495 g/mol. The van der Waals surface area contributed by atoms with Crippen molar-refractivity contribution in [3.8, 4) is 11.3 Å². The lowest BCUT2D eigenvalue weighted by atomic mass is 9.88. The van der Waals surface area contributed by atoms with E-state index in [4.69, 9.17) is 14.2 Å². The SMILES string of the molecule is OC[C@H]1O[C@@]2(CCCO2)[C@H](OCCN2CC(F)(F)C2)[C@@H](n2cc(-c3cc(F)c(F)c(F)c3)nn2)[C@H]1O. The summed E-state index contributed by atoms with van der Waals surface area (Å²) in [6.45, 7) is -0.766. The normalized spacial score (nSPS) is 32.2. The van der Waals surface area contributed by atoms with Gasteiger partial charge in [0.1, 0.15) is 30.0 Å². The molecule has 198 valence electrons. The minimum Gasteiger partial charge on any atom is -0.394 e. The van der Waals surface area contributed by atoms with Crippen molar-refractivity contribution in [3.63, 3.8) is 0 Å². The fraction of sp³-hybridized carbons (Fsp3) is 0.636. The summed E-state index contributed by atoms with van der Waals surface area (Å²) in [5.74, 6) is -8.50. The summed E-state index contributed by atoms with van der Waals surface area (Å²) in [4.78, 5) is 1.51. The third-order valence-electron chi connectivity index (χ3n) is 6.73. The molecule has 5 rings (SSSR count). The van der Waals surface area contributed by atoms with E-state index < -0.39 is 60.1 Å². The van der Waals surface area contributed by atoms with Gasteiger partial charge in [0, 0.05) is 18.5 Å². The maximum atomic E-state index is 13.8. The average molecular weight is 520 g/mol. The summed E-state index contributed by atoms with van der Waals surface area (Å²) >= 11 is 0. The third kappa shape index (κ3) is 4.61. The van der Waals surface area contributed by atoms with Gasteiger partial charge in [-0.1, -0.05) is 5.21 Å². The maximum absolute atomic E-state index is 13.8. The van der Waals surface area contributed by atoms with Gasteiger partial charge in [-0.05, 0) is 18.6 Å². The molecule has 4 heterocycles. The molecule has 3 saturated heterocycles. The number of ether oxygens (including phenoxy) is 3. The van der Waals surface area contributed by atoms with Gasteiger partial charge in [-0.2, -0.15) is 0 Å². The second-order valence-corrected chi connectivity index (χ2v) is 9.28. The number of aromatic nitrogens is 3. The van der Waals surface area contributed by atoms with Crippen molar-refractivity contribution in [1.82, 2.24) is 19.9 Å². The van der Waals surface area contributed by atoms with Gasteiger partial charge in [0.2, 0.25) is 0 Å². The maximum Gasteiger partial charge on any atom is 0.272 e. The molecule has 0 bridgehead atoms. The van der Waals surface area contributed by atoms with E-state index in [-0.39, 0.29) is 37.5 Å². The van der Waals surface area contributed by atoms with Crippen molar-refractivity contribution < 1.29 is 46.4 Å². The minimum atomic E-state index is -2.73. The zero-order valence-electron chi connectivity index (χ0n) is 19.0. The Labute approximate surface area is 202 Å². The van der Waals surface area contributed by atoms with Crippen LogP contribution in [-0.4, -0.2) is 99.6 Å². The first kappa shape index (κ1) is 25.4. The quantitative estimate of drug-likeness (QED) is 0.419. The van der Waals surface area contributed by atoms with Crippen LogP contribution >= 0.6 is 0 Å². The zero-order chi connectivity index (χ0) is 25.7. The first-order chi connectivity index (χ1) is 17.1. The summed E-state index contributed by atoms with van der Waals surface area (Å²) < 4.78 is 86.4. The fourth-order valence-corrected chi connectivity index (χ4v) is 5.00. The van der Waals surface area contributed by atoms with Gasteiger partial charge in [0.25, 0.3) is 5.92 Å². The number of rotatable bonds is 7. The van der Waals surface area contributed by atoms with E-state index in [2.05, 4.69) is 10.3 Å². The first-order valence-electron chi connectivity index (χ1n) is 11.5. The number of aliphatic hydroxyl groups is 2. The number of benzene rings is 1. The summed E-state index contributed by atoms with van der Waals surface area (Å²) in [6, 6.07) is 0.507. The van der Waals surface area contributed by atoms with Crippen LogP contribution in [0.15, 0.2) is 18.3 Å². The fourth-order valence-electron chi connectivity index (χ4n) is 5.00. The molecule has 3 aliphatic rings. The van der Waals surface area contributed by atoms with Gasteiger partial charge >= 0.3 is 0 Å². The van der Waals surface area contributed by atoms with Gasteiger partial charge in [-0.15, -0.1) is 5.10 Å². The molecule has 5 atom stereocenters. The van der Waals surface area contributed by atoms with Gasteiger partial charge in [-0.25, -0.2) is 26.6 Å². The third-order valence-corrected chi connectivity index (χ3v) is 6.73. The second kappa shape index (κ2) is 9.58. The molecule has 2 N–H and O–H groups in total. The van der Waals surface area contributed by atoms with Crippen LogP contribution in [0.4, 0.5) is 22.0 Å². The number of nitrogens with zero attached hydrogens (tertiary/aromatic N) is 4. The van der Waals surface area contributed by atoms with Crippen LogP contribution in [0, 0.1) is 17.5 Å². The van der Waals surface area contributed by atoms with Crippen molar-refractivity contribution in [2.45, 2.75) is 48.9 Å². The predicted molar refractivity (Wildman–Crippen MR) is 111 cm³/mol. The Morgan fingerprint density at radius 1 is 1.17 bits per heavy atom. The van der Waals surface area contributed by atoms with Crippen LogP contribution in [0.2, 0.25) is 0 Å². The first-order valence-corrected chi connectivity index (χ1v) is 11.5. The molecule has 0 radical (unpaired) electrons. The molecular formula is C22H25F5N4O5. The number of alkyl halides is 2. The Morgan fingerprint density at radius 2 is 1.89 bits per heavy atom. The molecule has 36 heavy (non-hydrogen) atoms. The van der Waals surface area contributed by atoms with E-state index >= 15 is 0 Å². The van der Waals surface area contributed by atoms with E-state index in [1.807, 2.05) is 0 Å².